The van der Waals surface area contributed by atoms with Gasteiger partial charge in [-0.3, -0.25) is 4.79 Å². The van der Waals surface area contributed by atoms with Crippen molar-refractivity contribution < 1.29 is 4.79 Å². The zero-order chi connectivity index (χ0) is 15.0. The maximum absolute atomic E-state index is 12.4. The minimum Gasteiger partial charge on any atom is -0.319 e. The molecule has 0 atom stereocenters. The van der Waals surface area contributed by atoms with Crippen molar-refractivity contribution in [2.75, 3.05) is 5.32 Å². The molecule has 0 aliphatic rings. The fourth-order valence-electron chi connectivity index (χ4n) is 2.04. The zero-order valence-corrected chi connectivity index (χ0v) is 12.5. The van der Waals surface area contributed by atoms with Gasteiger partial charge >= 0.3 is 0 Å². The second-order valence-electron chi connectivity index (χ2n) is 4.47. The summed E-state index contributed by atoms with van der Waals surface area (Å²) in [5.41, 5.74) is 2.36. The Bertz CT molecular complexity index is 821. The van der Waals surface area contributed by atoms with Crippen molar-refractivity contribution in [3.05, 3.63) is 58.1 Å². The van der Waals surface area contributed by atoms with E-state index in [4.69, 9.17) is 23.2 Å². The number of hydrogen-bond donors (Lipinski definition) is 1. The Hall–Kier alpha value is -2.11. The number of hydrogen-bond acceptors (Lipinski definition) is 3. The third kappa shape index (κ3) is 2.57. The van der Waals surface area contributed by atoms with E-state index in [0.29, 0.717) is 16.8 Å². The standard InChI is InChI=1S/C14H10Cl2N4O/c1-8-6-11(15)18-13(16)12(8)19-14(21)9-7-17-20-5-3-2-4-10(9)20/h2-7H,1H3,(H,19,21). The van der Waals surface area contributed by atoms with Crippen molar-refractivity contribution in [2.24, 2.45) is 0 Å². The first-order chi connectivity index (χ1) is 10.1. The number of aryl methyl sites for hydroxylation is 1. The molecule has 0 unspecified atom stereocenters. The Kier molecular flexibility index (Phi) is 3.53. The van der Waals surface area contributed by atoms with Crippen LogP contribution in [0, 0.1) is 6.92 Å². The third-order valence-corrected chi connectivity index (χ3v) is 3.52. The van der Waals surface area contributed by atoms with Crippen LogP contribution in [0.2, 0.25) is 10.3 Å². The quantitative estimate of drug-likeness (QED) is 0.734. The predicted molar refractivity (Wildman–Crippen MR) is 82.1 cm³/mol. The number of amides is 1. The second kappa shape index (κ2) is 5.35. The molecular formula is C14H10Cl2N4O. The van der Waals surface area contributed by atoms with Gasteiger partial charge in [-0.25, -0.2) is 9.50 Å². The summed E-state index contributed by atoms with van der Waals surface area (Å²) in [6.07, 6.45) is 3.28. The van der Waals surface area contributed by atoms with E-state index in [0.717, 1.165) is 5.56 Å². The lowest BCUT2D eigenvalue weighted by Crippen LogP contribution is -2.13. The number of pyridine rings is 2. The van der Waals surface area contributed by atoms with E-state index in [1.165, 1.54) is 6.20 Å². The van der Waals surface area contributed by atoms with E-state index < -0.39 is 0 Å². The van der Waals surface area contributed by atoms with Crippen LogP contribution >= 0.6 is 23.2 Å². The third-order valence-electron chi connectivity index (χ3n) is 3.05. The minimum atomic E-state index is -0.301. The van der Waals surface area contributed by atoms with Gasteiger partial charge in [0.2, 0.25) is 0 Å². The number of anilines is 1. The van der Waals surface area contributed by atoms with Crippen LogP contribution in [0.25, 0.3) is 5.52 Å². The molecule has 0 fully saturated rings. The summed E-state index contributed by atoms with van der Waals surface area (Å²) in [6.45, 7) is 1.80. The molecular weight excluding hydrogens is 311 g/mol. The monoisotopic (exact) mass is 320 g/mol. The lowest BCUT2D eigenvalue weighted by Gasteiger charge is -2.09. The Morgan fingerprint density at radius 2 is 2.14 bits per heavy atom. The first-order valence-electron chi connectivity index (χ1n) is 6.12. The summed E-state index contributed by atoms with van der Waals surface area (Å²) in [6, 6.07) is 7.14. The van der Waals surface area contributed by atoms with Gasteiger partial charge in [-0.2, -0.15) is 5.10 Å². The highest BCUT2D eigenvalue weighted by atomic mass is 35.5. The molecule has 3 aromatic rings. The molecule has 7 heteroatoms. The van der Waals surface area contributed by atoms with Gasteiger partial charge in [-0.1, -0.05) is 29.3 Å². The van der Waals surface area contributed by atoms with Crippen LogP contribution in [0.1, 0.15) is 15.9 Å². The molecule has 21 heavy (non-hydrogen) atoms. The average Bonchev–Trinajstić information content (AvgIpc) is 2.86. The lowest BCUT2D eigenvalue weighted by atomic mass is 10.2. The predicted octanol–water partition coefficient (Wildman–Crippen LogP) is 3.60. The molecule has 106 valence electrons. The Balaban J connectivity index is 1.97. The number of carbonyl (C=O) groups is 1. The molecule has 0 saturated carbocycles. The van der Waals surface area contributed by atoms with Crippen molar-refractivity contribution >= 4 is 40.3 Å². The minimum absolute atomic E-state index is 0.157. The summed E-state index contributed by atoms with van der Waals surface area (Å²) in [5.74, 6) is -0.301. The van der Waals surface area contributed by atoms with E-state index in [9.17, 15) is 4.79 Å². The average molecular weight is 321 g/mol. The highest BCUT2D eigenvalue weighted by Gasteiger charge is 2.16. The normalized spacial score (nSPS) is 10.8. The molecule has 3 aromatic heterocycles. The summed E-state index contributed by atoms with van der Waals surface area (Å²) in [4.78, 5) is 16.3. The van der Waals surface area contributed by atoms with Crippen LogP contribution in [0.5, 0.6) is 0 Å². The first kappa shape index (κ1) is 13.9. The highest BCUT2D eigenvalue weighted by Crippen LogP contribution is 2.27. The van der Waals surface area contributed by atoms with Gasteiger partial charge in [0.25, 0.3) is 5.91 Å². The number of nitrogens with one attached hydrogen (secondary N) is 1. The molecule has 0 saturated heterocycles. The van der Waals surface area contributed by atoms with Crippen LogP contribution in [0.15, 0.2) is 36.7 Å². The largest absolute Gasteiger partial charge is 0.319 e. The summed E-state index contributed by atoms with van der Waals surface area (Å²) in [5, 5.41) is 7.32. The molecule has 3 heterocycles. The van der Waals surface area contributed by atoms with E-state index in [1.807, 2.05) is 18.2 Å². The molecule has 0 aromatic carbocycles. The Morgan fingerprint density at radius 3 is 2.90 bits per heavy atom. The molecule has 0 aliphatic carbocycles. The molecule has 0 bridgehead atoms. The smallest absolute Gasteiger partial charge is 0.259 e. The van der Waals surface area contributed by atoms with Gasteiger partial charge in [0.05, 0.1) is 23.0 Å². The van der Waals surface area contributed by atoms with Gasteiger partial charge in [-0.15, -0.1) is 0 Å². The van der Waals surface area contributed by atoms with Gasteiger partial charge in [0, 0.05) is 6.20 Å². The molecule has 0 aliphatic heterocycles. The van der Waals surface area contributed by atoms with Crippen LogP contribution in [0.3, 0.4) is 0 Å². The highest BCUT2D eigenvalue weighted by molar-refractivity contribution is 6.35. The van der Waals surface area contributed by atoms with E-state index >= 15 is 0 Å². The van der Waals surface area contributed by atoms with Crippen molar-refractivity contribution in [2.45, 2.75) is 6.92 Å². The van der Waals surface area contributed by atoms with Crippen molar-refractivity contribution in [1.29, 1.82) is 0 Å². The molecule has 5 nitrogen and oxygen atoms in total. The maximum atomic E-state index is 12.4. The number of carbonyl (C=O) groups excluding carboxylic acids is 1. The number of nitrogens with zero attached hydrogens (tertiary/aromatic N) is 3. The number of halogens is 2. The fraction of sp³-hybridized carbons (Fsp3) is 0.0714. The summed E-state index contributed by atoms with van der Waals surface area (Å²) in [7, 11) is 0. The summed E-state index contributed by atoms with van der Waals surface area (Å²) >= 11 is 11.8. The van der Waals surface area contributed by atoms with Crippen LogP contribution in [0.4, 0.5) is 5.69 Å². The first-order valence-corrected chi connectivity index (χ1v) is 6.88. The summed E-state index contributed by atoms with van der Waals surface area (Å²) < 4.78 is 1.63. The Labute approximate surface area is 130 Å². The van der Waals surface area contributed by atoms with Crippen LogP contribution < -0.4 is 5.32 Å². The van der Waals surface area contributed by atoms with E-state index in [1.54, 1.807) is 23.7 Å². The van der Waals surface area contributed by atoms with Crippen molar-refractivity contribution in [3.8, 4) is 0 Å². The number of rotatable bonds is 2. The van der Waals surface area contributed by atoms with Gasteiger partial charge in [0.15, 0.2) is 5.15 Å². The molecule has 3 rings (SSSR count). The number of aromatic nitrogens is 3. The molecule has 0 spiro atoms. The lowest BCUT2D eigenvalue weighted by molar-refractivity contribution is 0.102. The van der Waals surface area contributed by atoms with Crippen molar-refractivity contribution in [1.82, 2.24) is 14.6 Å². The Morgan fingerprint density at radius 1 is 1.33 bits per heavy atom. The molecule has 1 N–H and O–H groups in total. The fourth-order valence-corrected chi connectivity index (χ4v) is 2.61. The van der Waals surface area contributed by atoms with E-state index in [2.05, 4.69) is 15.4 Å². The van der Waals surface area contributed by atoms with Crippen LogP contribution in [-0.2, 0) is 0 Å². The maximum Gasteiger partial charge on any atom is 0.259 e. The van der Waals surface area contributed by atoms with Gasteiger partial charge in [-0.05, 0) is 30.7 Å². The van der Waals surface area contributed by atoms with Crippen LogP contribution in [-0.4, -0.2) is 20.5 Å². The topological polar surface area (TPSA) is 59.3 Å². The van der Waals surface area contributed by atoms with Gasteiger partial charge < -0.3 is 5.32 Å². The second-order valence-corrected chi connectivity index (χ2v) is 5.22. The van der Waals surface area contributed by atoms with Gasteiger partial charge in [0.1, 0.15) is 5.15 Å². The van der Waals surface area contributed by atoms with E-state index in [-0.39, 0.29) is 16.2 Å². The SMILES string of the molecule is Cc1cc(Cl)nc(Cl)c1NC(=O)c1cnn2ccccc12. The molecule has 0 radical (unpaired) electrons. The zero-order valence-electron chi connectivity index (χ0n) is 11.0. The number of fused-ring (bicyclic) bond motifs is 1. The van der Waals surface area contributed by atoms with Crippen molar-refractivity contribution in [3.63, 3.8) is 0 Å². The molecule has 1 amide bonds.